The van der Waals surface area contributed by atoms with E-state index < -0.39 is 0 Å². The topological polar surface area (TPSA) is 42.9 Å². The van der Waals surface area contributed by atoms with Gasteiger partial charge in [-0.1, -0.05) is 24.3 Å². The molecule has 3 nitrogen and oxygen atoms in total. The van der Waals surface area contributed by atoms with Crippen LogP contribution < -0.4 is 0 Å². The Morgan fingerprint density at radius 3 is 2.12 bits per heavy atom. The summed E-state index contributed by atoms with van der Waals surface area (Å²) in [5.41, 5.74) is 2.66. The highest BCUT2D eigenvalue weighted by Gasteiger charge is 2.02. The summed E-state index contributed by atoms with van der Waals surface area (Å²) in [7, 11) is 0. The summed E-state index contributed by atoms with van der Waals surface area (Å²) in [4.78, 5) is 19.6. The third-order valence-corrected chi connectivity index (χ3v) is 2.33. The lowest BCUT2D eigenvalue weighted by molar-refractivity contribution is 0.101. The molecule has 0 saturated heterocycles. The van der Waals surface area contributed by atoms with E-state index in [0.29, 0.717) is 11.4 Å². The van der Waals surface area contributed by atoms with Gasteiger partial charge in [0, 0.05) is 23.5 Å². The zero-order valence-corrected chi connectivity index (χ0v) is 9.27. The molecule has 1 heterocycles. The van der Waals surface area contributed by atoms with Gasteiger partial charge >= 0.3 is 0 Å². The second-order valence-electron chi connectivity index (χ2n) is 3.72. The number of Topliss-reactive ketones (excluding diaryl/α,β-unsaturated/α-hetero) is 1. The van der Waals surface area contributed by atoms with Crippen molar-refractivity contribution in [3.63, 3.8) is 0 Å². The summed E-state index contributed by atoms with van der Waals surface area (Å²) in [5, 5.41) is 0. The average molecular weight is 212 g/mol. The van der Waals surface area contributed by atoms with Crippen LogP contribution in [0.4, 0.5) is 0 Å². The van der Waals surface area contributed by atoms with Crippen LogP contribution in [0.2, 0.25) is 0 Å². The first-order chi connectivity index (χ1) is 7.66. The minimum Gasteiger partial charge on any atom is -0.295 e. The number of ketones is 1. The Morgan fingerprint density at radius 1 is 1.06 bits per heavy atom. The van der Waals surface area contributed by atoms with E-state index in [9.17, 15) is 4.79 Å². The molecule has 0 unspecified atom stereocenters. The van der Waals surface area contributed by atoms with Crippen LogP contribution >= 0.6 is 0 Å². The smallest absolute Gasteiger partial charge is 0.159 e. The number of hydrogen-bond acceptors (Lipinski definition) is 3. The molecule has 0 radical (unpaired) electrons. The summed E-state index contributed by atoms with van der Waals surface area (Å²) in [6.45, 7) is 3.50. The monoisotopic (exact) mass is 212 g/mol. The number of carbonyl (C=O) groups excluding carboxylic acids is 1. The maximum Gasteiger partial charge on any atom is 0.159 e. The van der Waals surface area contributed by atoms with Gasteiger partial charge in [-0.15, -0.1) is 0 Å². The van der Waals surface area contributed by atoms with Crippen molar-refractivity contribution < 1.29 is 4.79 Å². The van der Waals surface area contributed by atoms with Crippen molar-refractivity contribution in [2.75, 3.05) is 0 Å². The molecular formula is C13H12N2O. The fraction of sp³-hybridized carbons (Fsp3) is 0.154. The molecule has 0 aliphatic rings. The third kappa shape index (κ3) is 2.14. The quantitative estimate of drug-likeness (QED) is 0.719. The maximum absolute atomic E-state index is 11.1. The summed E-state index contributed by atoms with van der Waals surface area (Å²) < 4.78 is 0. The maximum atomic E-state index is 11.1. The fourth-order valence-electron chi connectivity index (χ4n) is 1.40. The van der Waals surface area contributed by atoms with Crippen molar-refractivity contribution >= 4 is 5.78 Å². The van der Waals surface area contributed by atoms with E-state index in [1.165, 1.54) is 0 Å². The third-order valence-electron chi connectivity index (χ3n) is 2.33. The largest absolute Gasteiger partial charge is 0.295 e. The molecule has 0 N–H and O–H groups in total. The van der Waals surface area contributed by atoms with Crippen molar-refractivity contribution in [2.45, 2.75) is 13.8 Å². The van der Waals surface area contributed by atoms with Crippen molar-refractivity contribution in [1.82, 2.24) is 9.97 Å². The Morgan fingerprint density at radius 2 is 1.62 bits per heavy atom. The molecule has 0 atom stereocenters. The van der Waals surface area contributed by atoms with Gasteiger partial charge in [0.15, 0.2) is 11.6 Å². The predicted octanol–water partition coefficient (Wildman–Crippen LogP) is 2.65. The first-order valence-corrected chi connectivity index (χ1v) is 5.07. The van der Waals surface area contributed by atoms with Gasteiger partial charge < -0.3 is 0 Å². The SMILES string of the molecule is CC(=O)c1ccc(-c2ncc(C)cn2)cc1. The number of carbonyl (C=O) groups is 1. The lowest BCUT2D eigenvalue weighted by atomic mass is 10.1. The van der Waals surface area contributed by atoms with E-state index in [0.717, 1.165) is 11.1 Å². The lowest BCUT2D eigenvalue weighted by Crippen LogP contribution is -1.93. The zero-order valence-electron chi connectivity index (χ0n) is 9.27. The molecule has 1 aromatic heterocycles. The normalized spacial score (nSPS) is 10.1. The molecule has 1 aromatic carbocycles. The number of aryl methyl sites for hydroxylation is 1. The van der Waals surface area contributed by atoms with Crippen molar-refractivity contribution in [3.05, 3.63) is 47.8 Å². The number of rotatable bonds is 2. The molecule has 0 aliphatic heterocycles. The Labute approximate surface area is 94.2 Å². The number of aromatic nitrogens is 2. The highest BCUT2D eigenvalue weighted by Crippen LogP contribution is 2.15. The van der Waals surface area contributed by atoms with Gasteiger partial charge in [0.25, 0.3) is 0 Å². The van der Waals surface area contributed by atoms with Gasteiger partial charge in [-0.3, -0.25) is 4.79 Å². The molecule has 0 amide bonds. The molecule has 0 saturated carbocycles. The van der Waals surface area contributed by atoms with Gasteiger partial charge in [-0.05, 0) is 19.4 Å². The van der Waals surface area contributed by atoms with E-state index >= 15 is 0 Å². The zero-order chi connectivity index (χ0) is 11.5. The minimum absolute atomic E-state index is 0.0661. The highest BCUT2D eigenvalue weighted by molar-refractivity contribution is 5.94. The first-order valence-electron chi connectivity index (χ1n) is 5.07. The molecule has 0 spiro atoms. The van der Waals surface area contributed by atoms with Crippen LogP contribution in [-0.4, -0.2) is 15.8 Å². The van der Waals surface area contributed by atoms with Gasteiger partial charge in [-0.2, -0.15) is 0 Å². The van der Waals surface area contributed by atoms with Crippen LogP contribution in [0.1, 0.15) is 22.8 Å². The first kappa shape index (κ1) is 10.5. The van der Waals surface area contributed by atoms with Crippen molar-refractivity contribution in [2.24, 2.45) is 0 Å². The van der Waals surface area contributed by atoms with Crippen LogP contribution in [0.25, 0.3) is 11.4 Å². The number of benzene rings is 1. The molecule has 2 rings (SSSR count). The Kier molecular flexibility index (Phi) is 2.77. The minimum atomic E-state index is 0.0661. The van der Waals surface area contributed by atoms with E-state index in [4.69, 9.17) is 0 Å². The van der Waals surface area contributed by atoms with Crippen LogP contribution in [0.3, 0.4) is 0 Å². The van der Waals surface area contributed by atoms with Crippen LogP contribution in [0.5, 0.6) is 0 Å². The predicted molar refractivity (Wildman–Crippen MR) is 62.2 cm³/mol. The van der Waals surface area contributed by atoms with Gasteiger partial charge in [0.2, 0.25) is 0 Å². The average Bonchev–Trinajstić information content (AvgIpc) is 2.30. The summed E-state index contributed by atoms with van der Waals surface area (Å²) in [6, 6.07) is 7.31. The molecule has 2 aromatic rings. The van der Waals surface area contributed by atoms with E-state index in [2.05, 4.69) is 9.97 Å². The summed E-state index contributed by atoms with van der Waals surface area (Å²) in [5.74, 6) is 0.747. The van der Waals surface area contributed by atoms with Crippen LogP contribution in [-0.2, 0) is 0 Å². The Balaban J connectivity index is 2.34. The molecule has 0 bridgehead atoms. The van der Waals surface area contributed by atoms with Crippen molar-refractivity contribution in [1.29, 1.82) is 0 Å². The van der Waals surface area contributed by atoms with Gasteiger partial charge in [0.05, 0.1) is 0 Å². The van der Waals surface area contributed by atoms with E-state index in [1.807, 2.05) is 19.1 Å². The standard InChI is InChI=1S/C13H12N2O/c1-9-7-14-13(15-8-9)12-5-3-11(4-6-12)10(2)16/h3-8H,1-2H3. The molecule has 16 heavy (non-hydrogen) atoms. The molecule has 3 heteroatoms. The number of hydrogen-bond donors (Lipinski definition) is 0. The highest BCUT2D eigenvalue weighted by atomic mass is 16.1. The lowest BCUT2D eigenvalue weighted by Gasteiger charge is -2.01. The van der Waals surface area contributed by atoms with Crippen LogP contribution in [0.15, 0.2) is 36.7 Å². The van der Waals surface area contributed by atoms with E-state index in [-0.39, 0.29) is 5.78 Å². The molecule has 0 aliphatic carbocycles. The molecule has 0 fully saturated rings. The Hall–Kier alpha value is -2.03. The second-order valence-corrected chi connectivity index (χ2v) is 3.72. The van der Waals surface area contributed by atoms with E-state index in [1.54, 1.807) is 31.5 Å². The molecule has 80 valence electrons. The molecular weight excluding hydrogens is 200 g/mol. The van der Waals surface area contributed by atoms with Gasteiger partial charge in [0.1, 0.15) is 0 Å². The second kappa shape index (κ2) is 4.23. The summed E-state index contributed by atoms with van der Waals surface area (Å²) in [6.07, 6.45) is 3.56. The Bertz CT molecular complexity index is 500. The van der Waals surface area contributed by atoms with Crippen LogP contribution in [0, 0.1) is 6.92 Å². The fourth-order valence-corrected chi connectivity index (χ4v) is 1.40. The van der Waals surface area contributed by atoms with Crippen molar-refractivity contribution in [3.8, 4) is 11.4 Å². The summed E-state index contributed by atoms with van der Waals surface area (Å²) >= 11 is 0. The van der Waals surface area contributed by atoms with Gasteiger partial charge in [-0.25, -0.2) is 9.97 Å². The number of nitrogens with zero attached hydrogens (tertiary/aromatic N) is 2.